The molecule has 2 nitrogen and oxygen atoms in total. The van der Waals surface area contributed by atoms with Crippen molar-refractivity contribution >= 4 is 15.9 Å². The van der Waals surface area contributed by atoms with Crippen molar-refractivity contribution in [1.82, 2.24) is 4.98 Å². The predicted molar refractivity (Wildman–Crippen MR) is 76.5 cm³/mol. The summed E-state index contributed by atoms with van der Waals surface area (Å²) in [4.78, 5) is 4.33. The van der Waals surface area contributed by atoms with E-state index in [1.54, 1.807) is 6.20 Å². The molecule has 0 amide bonds. The minimum absolute atomic E-state index is 0.556. The Morgan fingerprint density at radius 1 is 1.28 bits per heavy atom. The number of halogens is 1. The van der Waals surface area contributed by atoms with Crippen LogP contribution in [0.3, 0.4) is 0 Å². The van der Waals surface area contributed by atoms with Gasteiger partial charge in [0.25, 0.3) is 0 Å². The van der Waals surface area contributed by atoms with Crippen molar-refractivity contribution in [3.63, 3.8) is 0 Å². The highest BCUT2D eigenvalue weighted by Gasteiger charge is 2.13. The lowest BCUT2D eigenvalue weighted by Gasteiger charge is -2.13. The van der Waals surface area contributed by atoms with Crippen molar-refractivity contribution in [3.8, 4) is 0 Å². The van der Waals surface area contributed by atoms with E-state index in [-0.39, 0.29) is 0 Å². The maximum Gasteiger partial charge on any atom is 0.100 e. The third kappa shape index (κ3) is 3.18. The number of pyridine rings is 1. The van der Waals surface area contributed by atoms with Crippen LogP contribution in [0.1, 0.15) is 28.5 Å². The third-order valence-corrected chi connectivity index (χ3v) is 3.38. The van der Waals surface area contributed by atoms with Gasteiger partial charge >= 0.3 is 0 Å². The lowest BCUT2D eigenvalue weighted by Crippen LogP contribution is -2.06. The highest BCUT2D eigenvalue weighted by Crippen LogP contribution is 2.21. The molecule has 1 N–H and O–H groups in total. The molecule has 1 atom stereocenters. The van der Waals surface area contributed by atoms with Crippen molar-refractivity contribution in [3.05, 3.63) is 63.4 Å². The molecule has 0 saturated heterocycles. The summed E-state index contributed by atoms with van der Waals surface area (Å²) in [5.41, 5.74) is 4.02. The number of aliphatic hydroxyl groups is 1. The normalized spacial score (nSPS) is 12.4. The molecule has 0 aliphatic carbocycles. The number of hydrogen-bond acceptors (Lipinski definition) is 2. The second-order valence-corrected chi connectivity index (χ2v) is 5.48. The summed E-state index contributed by atoms with van der Waals surface area (Å²) < 4.78 is 1.03. The number of benzene rings is 1. The van der Waals surface area contributed by atoms with E-state index in [0.29, 0.717) is 6.42 Å². The standard InChI is InChI=1S/C15H16BrNO/c1-10-6-11(2)15(17-9-10)14(18)8-12-4-3-5-13(16)7-12/h3-7,9,14,18H,8H2,1-2H3. The summed E-state index contributed by atoms with van der Waals surface area (Å²) in [6, 6.07) is 10.0. The first kappa shape index (κ1) is 13.2. The van der Waals surface area contributed by atoms with Gasteiger partial charge in [0.2, 0.25) is 0 Å². The van der Waals surface area contributed by atoms with Crippen LogP contribution in [-0.2, 0) is 6.42 Å². The Morgan fingerprint density at radius 3 is 2.72 bits per heavy atom. The molecule has 0 spiro atoms. The molecular formula is C15H16BrNO. The van der Waals surface area contributed by atoms with Crippen molar-refractivity contribution < 1.29 is 5.11 Å². The van der Waals surface area contributed by atoms with Crippen LogP contribution in [-0.4, -0.2) is 10.1 Å². The Kier molecular flexibility index (Phi) is 4.15. The molecule has 1 aromatic heterocycles. The highest BCUT2D eigenvalue weighted by molar-refractivity contribution is 9.10. The molecule has 1 unspecified atom stereocenters. The van der Waals surface area contributed by atoms with Gasteiger partial charge in [-0.1, -0.05) is 34.1 Å². The van der Waals surface area contributed by atoms with Gasteiger partial charge in [-0.2, -0.15) is 0 Å². The summed E-state index contributed by atoms with van der Waals surface area (Å²) in [5, 5.41) is 10.3. The first-order valence-corrected chi connectivity index (χ1v) is 6.71. The Hall–Kier alpha value is -1.19. The monoisotopic (exact) mass is 305 g/mol. The van der Waals surface area contributed by atoms with Gasteiger partial charge in [-0.15, -0.1) is 0 Å². The van der Waals surface area contributed by atoms with E-state index in [2.05, 4.69) is 20.9 Å². The second-order valence-electron chi connectivity index (χ2n) is 4.56. The van der Waals surface area contributed by atoms with E-state index in [1.165, 1.54) is 0 Å². The lowest BCUT2D eigenvalue weighted by atomic mass is 10.0. The Morgan fingerprint density at radius 2 is 2.06 bits per heavy atom. The number of aromatic nitrogens is 1. The van der Waals surface area contributed by atoms with Crippen LogP contribution < -0.4 is 0 Å². The summed E-state index contributed by atoms with van der Waals surface area (Å²) in [6.07, 6.45) is 1.82. The maximum absolute atomic E-state index is 10.3. The molecule has 0 aliphatic rings. The summed E-state index contributed by atoms with van der Waals surface area (Å²) in [7, 11) is 0. The predicted octanol–water partition coefficient (Wildman–Crippen LogP) is 3.74. The van der Waals surface area contributed by atoms with Crippen molar-refractivity contribution in [1.29, 1.82) is 0 Å². The fourth-order valence-corrected chi connectivity index (χ4v) is 2.51. The molecule has 0 fully saturated rings. The smallest absolute Gasteiger partial charge is 0.100 e. The average molecular weight is 306 g/mol. The topological polar surface area (TPSA) is 33.1 Å². The van der Waals surface area contributed by atoms with Gasteiger partial charge in [-0.3, -0.25) is 4.98 Å². The quantitative estimate of drug-likeness (QED) is 0.937. The van der Waals surface area contributed by atoms with Gasteiger partial charge in [0.05, 0.1) is 5.69 Å². The minimum Gasteiger partial charge on any atom is -0.386 e. The summed E-state index contributed by atoms with van der Waals surface area (Å²) in [5.74, 6) is 0. The van der Waals surface area contributed by atoms with Crippen molar-refractivity contribution in [2.75, 3.05) is 0 Å². The summed E-state index contributed by atoms with van der Waals surface area (Å²) >= 11 is 3.44. The van der Waals surface area contributed by atoms with E-state index in [9.17, 15) is 5.11 Å². The zero-order valence-electron chi connectivity index (χ0n) is 10.5. The van der Waals surface area contributed by atoms with Crippen molar-refractivity contribution in [2.24, 2.45) is 0 Å². The minimum atomic E-state index is -0.556. The van der Waals surface area contributed by atoms with Gasteiger partial charge in [0.15, 0.2) is 0 Å². The highest BCUT2D eigenvalue weighted by atomic mass is 79.9. The first-order valence-electron chi connectivity index (χ1n) is 5.92. The van der Waals surface area contributed by atoms with Crippen LogP contribution in [0.15, 0.2) is 41.0 Å². The first-order chi connectivity index (χ1) is 8.56. The lowest BCUT2D eigenvalue weighted by molar-refractivity contribution is 0.173. The van der Waals surface area contributed by atoms with E-state index in [1.807, 2.05) is 44.2 Å². The molecule has 3 heteroatoms. The van der Waals surface area contributed by atoms with Crippen LogP contribution >= 0.6 is 15.9 Å². The van der Waals surface area contributed by atoms with E-state index >= 15 is 0 Å². The largest absolute Gasteiger partial charge is 0.386 e. The van der Waals surface area contributed by atoms with Gasteiger partial charge in [-0.05, 0) is 42.7 Å². The van der Waals surface area contributed by atoms with Gasteiger partial charge < -0.3 is 5.11 Å². The molecule has 0 aliphatic heterocycles. The van der Waals surface area contributed by atoms with Gasteiger partial charge in [0.1, 0.15) is 6.10 Å². The summed E-state index contributed by atoms with van der Waals surface area (Å²) in [6.45, 7) is 3.99. The number of nitrogens with zero attached hydrogens (tertiary/aromatic N) is 1. The Labute approximate surface area is 116 Å². The average Bonchev–Trinajstić information content (AvgIpc) is 2.28. The molecule has 0 bridgehead atoms. The maximum atomic E-state index is 10.3. The molecular weight excluding hydrogens is 290 g/mol. The third-order valence-electron chi connectivity index (χ3n) is 2.89. The molecule has 18 heavy (non-hydrogen) atoms. The molecule has 1 aromatic carbocycles. The number of aryl methyl sites for hydroxylation is 2. The van der Waals surface area contributed by atoms with E-state index < -0.39 is 6.10 Å². The molecule has 0 radical (unpaired) electrons. The van der Waals surface area contributed by atoms with E-state index in [0.717, 1.165) is 26.9 Å². The Bertz CT molecular complexity index is 554. The van der Waals surface area contributed by atoms with Crippen LogP contribution in [0.4, 0.5) is 0 Å². The van der Waals surface area contributed by atoms with E-state index in [4.69, 9.17) is 0 Å². The fourth-order valence-electron chi connectivity index (χ4n) is 2.06. The zero-order chi connectivity index (χ0) is 13.1. The van der Waals surface area contributed by atoms with Crippen LogP contribution in [0.5, 0.6) is 0 Å². The van der Waals surface area contributed by atoms with Crippen LogP contribution in [0, 0.1) is 13.8 Å². The second kappa shape index (κ2) is 5.63. The molecule has 2 aromatic rings. The fraction of sp³-hybridized carbons (Fsp3) is 0.267. The van der Waals surface area contributed by atoms with Crippen LogP contribution in [0.2, 0.25) is 0 Å². The van der Waals surface area contributed by atoms with Crippen LogP contribution in [0.25, 0.3) is 0 Å². The zero-order valence-corrected chi connectivity index (χ0v) is 12.1. The molecule has 2 rings (SSSR count). The molecule has 94 valence electrons. The van der Waals surface area contributed by atoms with Gasteiger partial charge in [0, 0.05) is 17.1 Å². The van der Waals surface area contributed by atoms with Gasteiger partial charge in [-0.25, -0.2) is 0 Å². The SMILES string of the molecule is Cc1cnc(C(O)Cc2cccc(Br)c2)c(C)c1. The van der Waals surface area contributed by atoms with Crippen molar-refractivity contribution in [2.45, 2.75) is 26.4 Å². The number of aliphatic hydroxyl groups excluding tert-OH is 1. The molecule has 1 heterocycles. The number of rotatable bonds is 3. The molecule has 0 saturated carbocycles. The number of hydrogen-bond donors (Lipinski definition) is 1. The Balaban J connectivity index is 2.19.